The lowest BCUT2D eigenvalue weighted by atomic mass is 10.0. The maximum absolute atomic E-state index is 11.3. The summed E-state index contributed by atoms with van der Waals surface area (Å²) in [6, 6.07) is 5.55. The van der Waals surface area contributed by atoms with Crippen LogP contribution in [0.2, 0.25) is 0 Å². The number of benzene rings is 1. The van der Waals surface area contributed by atoms with E-state index in [0.29, 0.717) is 17.1 Å². The van der Waals surface area contributed by atoms with Crippen molar-refractivity contribution < 1.29 is 9.53 Å². The Morgan fingerprint density at radius 1 is 1.56 bits per heavy atom. The third kappa shape index (κ3) is 3.01. The van der Waals surface area contributed by atoms with E-state index in [-0.39, 0.29) is 12.4 Å². The molecule has 0 aliphatic carbocycles. The number of thiol groups is 1. The zero-order valence-electron chi connectivity index (χ0n) is 9.28. The number of carbonyl (C=O) groups is 1. The minimum absolute atomic E-state index is 0.194. The normalized spacial score (nSPS) is 9.62. The molecule has 4 heteroatoms. The molecule has 16 heavy (non-hydrogen) atoms. The highest BCUT2D eigenvalue weighted by Crippen LogP contribution is 2.20. The lowest BCUT2D eigenvalue weighted by Crippen LogP contribution is -2.08. The Bertz CT molecular complexity index is 449. The summed E-state index contributed by atoms with van der Waals surface area (Å²) in [6.07, 6.45) is 0.194. The summed E-state index contributed by atoms with van der Waals surface area (Å²) in [5.41, 5.74) is 2.22. The van der Waals surface area contributed by atoms with Gasteiger partial charge in [-0.3, -0.25) is 4.79 Å². The molecule has 0 radical (unpaired) electrons. The maximum Gasteiger partial charge on any atom is 0.310 e. The van der Waals surface area contributed by atoms with Crippen LogP contribution < -0.4 is 0 Å². The summed E-state index contributed by atoms with van der Waals surface area (Å²) in [5, 5.41) is 8.82. The summed E-state index contributed by atoms with van der Waals surface area (Å²) in [5.74, 6) is -0.276. The number of nitriles is 1. The molecule has 0 aromatic heterocycles. The Morgan fingerprint density at radius 2 is 2.25 bits per heavy atom. The van der Waals surface area contributed by atoms with E-state index in [4.69, 9.17) is 10.00 Å². The molecule has 0 amide bonds. The summed E-state index contributed by atoms with van der Waals surface area (Å²) >= 11 is 4.25. The molecule has 0 saturated heterocycles. The van der Waals surface area contributed by atoms with Gasteiger partial charge in [0.1, 0.15) is 0 Å². The smallest absolute Gasteiger partial charge is 0.310 e. The average molecular weight is 235 g/mol. The molecular formula is C12H13NO2S. The molecule has 0 aliphatic heterocycles. The quantitative estimate of drug-likeness (QED) is 0.646. The summed E-state index contributed by atoms with van der Waals surface area (Å²) < 4.78 is 4.86. The SMILES string of the molecule is CCOC(=O)Cc1cc(C)c(C#N)cc1S. The molecule has 1 rings (SSSR count). The van der Waals surface area contributed by atoms with E-state index in [2.05, 4.69) is 18.7 Å². The molecule has 0 spiro atoms. The molecule has 1 aromatic carbocycles. The minimum Gasteiger partial charge on any atom is -0.466 e. The van der Waals surface area contributed by atoms with Gasteiger partial charge in [0.05, 0.1) is 24.7 Å². The van der Waals surface area contributed by atoms with Crippen molar-refractivity contribution in [1.82, 2.24) is 0 Å². The van der Waals surface area contributed by atoms with E-state index in [0.717, 1.165) is 11.1 Å². The number of ether oxygens (including phenoxy) is 1. The Balaban J connectivity index is 2.95. The molecule has 0 atom stereocenters. The molecule has 0 saturated carbocycles. The van der Waals surface area contributed by atoms with Crippen molar-refractivity contribution in [3.63, 3.8) is 0 Å². The van der Waals surface area contributed by atoms with Gasteiger partial charge < -0.3 is 4.74 Å². The highest BCUT2D eigenvalue weighted by molar-refractivity contribution is 7.80. The number of hydrogen-bond acceptors (Lipinski definition) is 4. The molecule has 0 fully saturated rings. The molecule has 1 aromatic rings. The standard InChI is InChI=1S/C12H13NO2S/c1-3-15-12(14)6-9-4-8(2)10(7-13)5-11(9)16/h4-5,16H,3,6H2,1-2H3. The van der Waals surface area contributed by atoms with Crippen LogP contribution in [0.4, 0.5) is 0 Å². The maximum atomic E-state index is 11.3. The second-order valence-corrected chi connectivity index (χ2v) is 3.87. The van der Waals surface area contributed by atoms with E-state index in [1.54, 1.807) is 19.1 Å². The number of esters is 1. The minimum atomic E-state index is -0.276. The fourth-order valence-electron chi connectivity index (χ4n) is 1.39. The highest BCUT2D eigenvalue weighted by atomic mass is 32.1. The lowest BCUT2D eigenvalue weighted by molar-refractivity contribution is -0.142. The molecule has 84 valence electrons. The molecular weight excluding hydrogens is 222 g/mol. The highest BCUT2D eigenvalue weighted by Gasteiger charge is 2.09. The van der Waals surface area contributed by atoms with Gasteiger partial charge in [-0.2, -0.15) is 5.26 Å². The third-order valence-corrected chi connectivity index (χ3v) is 2.60. The number of hydrogen-bond donors (Lipinski definition) is 1. The van der Waals surface area contributed by atoms with Gasteiger partial charge in [-0.05, 0) is 31.0 Å². The molecule has 0 bridgehead atoms. The van der Waals surface area contributed by atoms with Gasteiger partial charge in [0.15, 0.2) is 0 Å². The number of rotatable bonds is 3. The fraction of sp³-hybridized carbons (Fsp3) is 0.333. The first kappa shape index (κ1) is 12.6. The Hall–Kier alpha value is -1.47. The first-order chi connectivity index (χ1) is 7.58. The van der Waals surface area contributed by atoms with E-state index in [1.807, 2.05) is 6.92 Å². The first-order valence-electron chi connectivity index (χ1n) is 4.96. The summed E-state index contributed by atoms with van der Waals surface area (Å²) in [7, 11) is 0. The molecule has 0 heterocycles. The Kier molecular flexibility index (Phi) is 4.39. The van der Waals surface area contributed by atoms with Crippen LogP contribution in [0.25, 0.3) is 0 Å². The first-order valence-corrected chi connectivity index (χ1v) is 5.41. The molecule has 0 N–H and O–H groups in total. The van der Waals surface area contributed by atoms with Crippen LogP contribution in [0.5, 0.6) is 0 Å². The van der Waals surface area contributed by atoms with Crippen LogP contribution in [0.1, 0.15) is 23.6 Å². The van der Waals surface area contributed by atoms with E-state index < -0.39 is 0 Å². The predicted octanol–water partition coefficient (Wildman–Crippen LogP) is 2.26. The van der Waals surface area contributed by atoms with Crippen LogP contribution in [-0.4, -0.2) is 12.6 Å². The summed E-state index contributed by atoms with van der Waals surface area (Å²) in [4.78, 5) is 12.0. The second kappa shape index (κ2) is 5.57. The average Bonchev–Trinajstić information content (AvgIpc) is 2.23. The van der Waals surface area contributed by atoms with E-state index in [1.165, 1.54) is 0 Å². The number of aryl methyl sites for hydroxylation is 1. The number of nitrogens with zero attached hydrogens (tertiary/aromatic N) is 1. The van der Waals surface area contributed by atoms with Crippen LogP contribution in [0.3, 0.4) is 0 Å². The zero-order valence-corrected chi connectivity index (χ0v) is 10.2. The van der Waals surface area contributed by atoms with Crippen molar-refractivity contribution >= 4 is 18.6 Å². The van der Waals surface area contributed by atoms with Crippen molar-refractivity contribution in [3.05, 3.63) is 28.8 Å². The lowest BCUT2D eigenvalue weighted by Gasteiger charge is -2.07. The van der Waals surface area contributed by atoms with Crippen LogP contribution >= 0.6 is 12.6 Å². The third-order valence-electron chi connectivity index (χ3n) is 2.19. The summed E-state index contributed by atoms with van der Waals surface area (Å²) in [6.45, 7) is 3.97. The largest absolute Gasteiger partial charge is 0.466 e. The van der Waals surface area contributed by atoms with Crippen LogP contribution in [0.15, 0.2) is 17.0 Å². The van der Waals surface area contributed by atoms with Crippen molar-refractivity contribution in [2.24, 2.45) is 0 Å². The Morgan fingerprint density at radius 3 is 2.81 bits per heavy atom. The molecule has 0 aliphatic rings. The van der Waals surface area contributed by atoms with Crippen molar-refractivity contribution in [3.8, 4) is 6.07 Å². The molecule has 3 nitrogen and oxygen atoms in total. The number of carbonyl (C=O) groups excluding carboxylic acids is 1. The van der Waals surface area contributed by atoms with Gasteiger partial charge in [-0.1, -0.05) is 6.07 Å². The predicted molar refractivity (Wildman–Crippen MR) is 63.5 cm³/mol. The molecule has 0 unspecified atom stereocenters. The van der Waals surface area contributed by atoms with Crippen molar-refractivity contribution in [2.75, 3.05) is 6.61 Å². The fourth-order valence-corrected chi connectivity index (χ4v) is 1.66. The van der Waals surface area contributed by atoms with Gasteiger partial charge >= 0.3 is 5.97 Å². The van der Waals surface area contributed by atoms with Gasteiger partial charge in [0, 0.05) is 4.90 Å². The zero-order chi connectivity index (χ0) is 12.1. The Labute approximate surface area is 100 Å². The van der Waals surface area contributed by atoms with Crippen molar-refractivity contribution in [2.45, 2.75) is 25.2 Å². The second-order valence-electron chi connectivity index (χ2n) is 3.39. The van der Waals surface area contributed by atoms with E-state index >= 15 is 0 Å². The van der Waals surface area contributed by atoms with Crippen LogP contribution in [0, 0.1) is 18.3 Å². The topological polar surface area (TPSA) is 50.1 Å². The monoisotopic (exact) mass is 235 g/mol. The van der Waals surface area contributed by atoms with Gasteiger partial charge in [-0.25, -0.2) is 0 Å². The van der Waals surface area contributed by atoms with Gasteiger partial charge in [0.2, 0.25) is 0 Å². The van der Waals surface area contributed by atoms with E-state index in [9.17, 15) is 4.79 Å². The van der Waals surface area contributed by atoms with Gasteiger partial charge in [-0.15, -0.1) is 12.6 Å². The van der Waals surface area contributed by atoms with Gasteiger partial charge in [0.25, 0.3) is 0 Å². The van der Waals surface area contributed by atoms with Crippen molar-refractivity contribution in [1.29, 1.82) is 5.26 Å². The van der Waals surface area contributed by atoms with Crippen LogP contribution in [-0.2, 0) is 16.0 Å².